The van der Waals surface area contributed by atoms with Gasteiger partial charge in [0.15, 0.2) is 0 Å². The topological polar surface area (TPSA) is 35.2 Å². The maximum absolute atomic E-state index is 6.20. The van der Waals surface area contributed by atoms with E-state index in [9.17, 15) is 0 Å². The van der Waals surface area contributed by atoms with Gasteiger partial charge >= 0.3 is 0 Å². The number of rotatable bonds is 4. The maximum Gasteiger partial charge on any atom is 0.119 e. The van der Waals surface area contributed by atoms with Crippen molar-refractivity contribution in [3.8, 4) is 5.75 Å². The van der Waals surface area contributed by atoms with Crippen LogP contribution in [0.4, 0.5) is 0 Å². The number of ether oxygens (including phenoxy) is 1. The molecule has 0 spiro atoms. The fourth-order valence-electron chi connectivity index (χ4n) is 1.71. The molecule has 2 atom stereocenters. The Kier molecular flexibility index (Phi) is 4.15. The zero-order valence-electron chi connectivity index (χ0n) is 10.1. The number of aryl methyl sites for hydroxylation is 1. The van der Waals surface area contributed by atoms with E-state index in [1.165, 1.54) is 11.1 Å². The highest BCUT2D eigenvalue weighted by Gasteiger charge is 2.15. The van der Waals surface area contributed by atoms with Crippen molar-refractivity contribution in [2.45, 2.75) is 33.2 Å². The number of methoxy groups -OCH3 is 1. The summed E-state index contributed by atoms with van der Waals surface area (Å²) in [6.07, 6.45) is 1.10. The molecule has 84 valence electrons. The molecule has 0 aliphatic carbocycles. The predicted octanol–water partition coefficient (Wildman–Crippen LogP) is 3.05. The van der Waals surface area contributed by atoms with Crippen LogP contribution in [0.2, 0.25) is 0 Å². The van der Waals surface area contributed by atoms with Crippen LogP contribution in [0.15, 0.2) is 18.2 Å². The van der Waals surface area contributed by atoms with E-state index in [1.807, 2.05) is 12.1 Å². The second kappa shape index (κ2) is 5.17. The molecule has 0 amide bonds. The lowest BCUT2D eigenvalue weighted by molar-refractivity contribution is 0.413. The molecule has 0 bridgehead atoms. The second-order valence-corrected chi connectivity index (χ2v) is 4.13. The largest absolute Gasteiger partial charge is 0.497 e. The maximum atomic E-state index is 6.20. The Labute approximate surface area is 92.4 Å². The molecule has 0 heterocycles. The summed E-state index contributed by atoms with van der Waals surface area (Å²) < 4.78 is 5.18. The molecule has 1 aromatic rings. The van der Waals surface area contributed by atoms with Gasteiger partial charge in [-0.2, -0.15) is 0 Å². The fraction of sp³-hybridized carbons (Fsp3) is 0.538. The van der Waals surface area contributed by atoms with Crippen molar-refractivity contribution in [1.82, 2.24) is 0 Å². The molecule has 2 nitrogen and oxygen atoms in total. The van der Waals surface area contributed by atoms with Crippen LogP contribution in [0.1, 0.15) is 37.4 Å². The third-order valence-electron chi connectivity index (χ3n) is 3.09. The van der Waals surface area contributed by atoms with Crippen LogP contribution in [0, 0.1) is 12.8 Å². The number of nitrogens with two attached hydrogens (primary N) is 1. The van der Waals surface area contributed by atoms with Gasteiger partial charge in [0.25, 0.3) is 0 Å². The minimum absolute atomic E-state index is 0.126. The highest BCUT2D eigenvalue weighted by molar-refractivity contribution is 5.36. The molecule has 0 aliphatic heterocycles. The van der Waals surface area contributed by atoms with Gasteiger partial charge in [0, 0.05) is 6.04 Å². The molecule has 2 heteroatoms. The first-order chi connectivity index (χ1) is 7.10. The summed E-state index contributed by atoms with van der Waals surface area (Å²) in [5.41, 5.74) is 8.64. The molecule has 0 radical (unpaired) electrons. The van der Waals surface area contributed by atoms with Gasteiger partial charge in [-0.25, -0.2) is 0 Å². The van der Waals surface area contributed by atoms with Crippen molar-refractivity contribution in [2.75, 3.05) is 7.11 Å². The Balaban J connectivity index is 2.95. The van der Waals surface area contributed by atoms with E-state index < -0.39 is 0 Å². The zero-order chi connectivity index (χ0) is 11.4. The standard InChI is InChI=1S/C13H21NO/c1-5-9(2)13(14)12-7-6-11(15-4)8-10(12)3/h6-9,13H,5,14H2,1-4H3. The third kappa shape index (κ3) is 2.72. The van der Waals surface area contributed by atoms with E-state index in [-0.39, 0.29) is 6.04 Å². The molecule has 0 saturated carbocycles. The van der Waals surface area contributed by atoms with Crippen molar-refractivity contribution in [1.29, 1.82) is 0 Å². The Hall–Kier alpha value is -1.02. The van der Waals surface area contributed by atoms with Crippen LogP contribution >= 0.6 is 0 Å². The highest BCUT2D eigenvalue weighted by Crippen LogP contribution is 2.27. The van der Waals surface area contributed by atoms with E-state index in [0.717, 1.165) is 12.2 Å². The smallest absolute Gasteiger partial charge is 0.119 e. The molecule has 15 heavy (non-hydrogen) atoms. The first-order valence-electron chi connectivity index (χ1n) is 5.50. The van der Waals surface area contributed by atoms with Crippen LogP contribution in [0.5, 0.6) is 5.75 Å². The quantitative estimate of drug-likeness (QED) is 0.823. The lowest BCUT2D eigenvalue weighted by Crippen LogP contribution is -2.19. The van der Waals surface area contributed by atoms with E-state index in [2.05, 4.69) is 26.8 Å². The number of hydrogen-bond donors (Lipinski definition) is 1. The van der Waals surface area contributed by atoms with E-state index in [1.54, 1.807) is 7.11 Å². The predicted molar refractivity (Wildman–Crippen MR) is 64.1 cm³/mol. The van der Waals surface area contributed by atoms with Gasteiger partial charge in [-0.1, -0.05) is 26.3 Å². The first-order valence-corrected chi connectivity index (χ1v) is 5.50. The third-order valence-corrected chi connectivity index (χ3v) is 3.09. The second-order valence-electron chi connectivity index (χ2n) is 4.13. The molecule has 1 rings (SSSR count). The monoisotopic (exact) mass is 207 g/mol. The summed E-state index contributed by atoms with van der Waals surface area (Å²) in [5.74, 6) is 1.41. The fourth-order valence-corrected chi connectivity index (χ4v) is 1.71. The summed E-state index contributed by atoms with van der Waals surface area (Å²) in [6, 6.07) is 6.22. The molecular formula is C13H21NO. The Morgan fingerprint density at radius 2 is 2.07 bits per heavy atom. The molecule has 0 saturated heterocycles. The van der Waals surface area contributed by atoms with Crippen molar-refractivity contribution >= 4 is 0 Å². The van der Waals surface area contributed by atoms with Gasteiger partial charge in [0.2, 0.25) is 0 Å². The normalized spacial score (nSPS) is 14.7. The van der Waals surface area contributed by atoms with Crippen molar-refractivity contribution < 1.29 is 4.74 Å². The van der Waals surface area contributed by atoms with Crippen molar-refractivity contribution in [2.24, 2.45) is 11.7 Å². The van der Waals surface area contributed by atoms with E-state index in [4.69, 9.17) is 10.5 Å². The summed E-state index contributed by atoms with van der Waals surface area (Å²) >= 11 is 0. The Morgan fingerprint density at radius 3 is 2.53 bits per heavy atom. The summed E-state index contributed by atoms with van der Waals surface area (Å²) in [7, 11) is 1.68. The average Bonchev–Trinajstić information content (AvgIpc) is 2.26. The zero-order valence-corrected chi connectivity index (χ0v) is 10.1. The average molecular weight is 207 g/mol. The lowest BCUT2D eigenvalue weighted by Gasteiger charge is -2.21. The summed E-state index contributed by atoms with van der Waals surface area (Å²) in [6.45, 7) is 6.44. The van der Waals surface area contributed by atoms with Crippen LogP contribution in [-0.2, 0) is 0 Å². The van der Waals surface area contributed by atoms with Crippen molar-refractivity contribution in [3.63, 3.8) is 0 Å². The molecular weight excluding hydrogens is 186 g/mol. The minimum Gasteiger partial charge on any atom is -0.497 e. The van der Waals surface area contributed by atoms with Gasteiger partial charge in [0.1, 0.15) is 5.75 Å². The molecule has 0 aliphatic rings. The lowest BCUT2D eigenvalue weighted by atomic mass is 9.90. The SMILES string of the molecule is CCC(C)C(N)c1ccc(OC)cc1C. The van der Waals surface area contributed by atoms with Crippen LogP contribution in [0.3, 0.4) is 0 Å². The van der Waals surface area contributed by atoms with Gasteiger partial charge in [0.05, 0.1) is 7.11 Å². The van der Waals surface area contributed by atoms with Gasteiger partial charge < -0.3 is 10.5 Å². The number of benzene rings is 1. The van der Waals surface area contributed by atoms with Gasteiger partial charge in [-0.15, -0.1) is 0 Å². The minimum atomic E-state index is 0.126. The Bertz CT molecular complexity index is 322. The summed E-state index contributed by atoms with van der Waals surface area (Å²) in [4.78, 5) is 0. The van der Waals surface area contributed by atoms with Gasteiger partial charge in [-0.05, 0) is 36.1 Å². The molecule has 2 N–H and O–H groups in total. The number of hydrogen-bond acceptors (Lipinski definition) is 2. The van der Waals surface area contributed by atoms with E-state index >= 15 is 0 Å². The van der Waals surface area contributed by atoms with Crippen LogP contribution in [-0.4, -0.2) is 7.11 Å². The molecule has 1 aromatic carbocycles. The van der Waals surface area contributed by atoms with Crippen molar-refractivity contribution in [3.05, 3.63) is 29.3 Å². The molecule has 0 aromatic heterocycles. The van der Waals surface area contributed by atoms with Gasteiger partial charge in [-0.3, -0.25) is 0 Å². The Morgan fingerprint density at radius 1 is 1.40 bits per heavy atom. The summed E-state index contributed by atoms with van der Waals surface area (Å²) in [5, 5.41) is 0. The molecule has 2 unspecified atom stereocenters. The van der Waals surface area contributed by atoms with Crippen LogP contribution in [0.25, 0.3) is 0 Å². The van der Waals surface area contributed by atoms with E-state index in [0.29, 0.717) is 5.92 Å². The van der Waals surface area contributed by atoms with Crippen LogP contribution < -0.4 is 10.5 Å². The molecule has 0 fully saturated rings. The highest BCUT2D eigenvalue weighted by atomic mass is 16.5. The first kappa shape index (κ1) is 12.1.